The molecule has 0 amide bonds. The second-order valence-corrected chi connectivity index (χ2v) is 3.84. The minimum absolute atomic E-state index is 0.404. The number of likely N-dealkylation sites (N-methyl/N-ethyl adjacent to an activating group) is 1. The van der Waals surface area contributed by atoms with Gasteiger partial charge in [-0.2, -0.15) is 0 Å². The second-order valence-electron chi connectivity index (χ2n) is 3.84. The average molecular weight is 192 g/mol. The second kappa shape index (κ2) is 5.78. The minimum atomic E-state index is 0.404. The molecule has 0 unspecified atom stereocenters. The lowest BCUT2D eigenvalue weighted by Crippen LogP contribution is -2.34. The Labute approximate surface area is 86.7 Å². The van der Waals surface area contributed by atoms with Crippen molar-refractivity contribution in [3.05, 3.63) is 35.9 Å². The van der Waals surface area contributed by atoms with Crippen molar-refractivity contribution < 1.29 is 0 Å². The van der Waals surface area contributed by atoms with Crippen LogP contribution in [0.15, 0.2) is 30.3 Å². The molecule has 0 aliphatic carbocycles. The highest BCUT2D eigenvalue weighted by Gasteiger charge is 2.10. The van der Waals surface area contributed by atoms with E-state index >= 15 is 0 Å². The van der Waals surface area contributed by atoms with Gasteiger partial charge < -0.3 is 10.6 Å². The first-order chi connectivity index (χ1) is 6.74. The van der Waals surface area contributed by atoms with Gasteiger partial charge in [0.15, 0.2) is 0 Å². The van der Waals surface area contributed by atoms with Crippen molar-refractivity contribution in [2.45, 2.75) is 25.9 Å². The van der Waals surface area contributed by atoms with E-state index in [9.17, 15) is 0 Å². The molecule has 1 rings (SSSR count). The summed E-state index contributed by atoms with van der Waals surface area (Å²) >= 11 is 0. The van der Waals surface area contributed by atoms with E-state index in [2.05, 4.69) is 54.8 Å². The highest BCUT2D eigenvalue weighted by molar-refractivity contribution is 5.19. The van der Waals surface area contributed by atoms with Gasteiger partial charge >= 0.3 is 0 Å². The summed E-state index contributed by atoms with van der Waals surface area (Å²) in [6, 6.07) is 11.5. The van der Waals surface area contributed by atoms with Gasteiger partial charge in [0.25, 0.3) is 0 Å². The maximum atomic E-state index is 3.53. The van der Waals surface area contributed by atoms with Crippen molar-refractivity contribution in [2.24, 2.45) is 0 Å². The zero-order valence-corrected chi connectivity index (χ0v) is 9.25. The third kappa shape index (κ3) is 3.48. The summed E-state index contributed by atoms with van der Waals surface area (Å²) in [5.74, 6) is 0. The van der Waals surface area contributed by atoms with Crippen LogP contribution in [0, 0.1) is 0 Å². The number of rotatable bonds is 5. The third-order valence-corrected chi connectivity index (χ3v) is 2.14. The molecule has 2 N–H and O–H groups in total. The quantitative estimate of drug-likeness (QED) is 0.745. The van der Waals surface area contributed by atoms with E-state index in [-0.39, 0.29) is 0 Å². The summed E-state index contributed by atoms with van der Waals surface area (Å²) in [5.41, 5.74) is 1.34. The highest BCUT2D eigenvalue weighted by Crippen LogP contribution is 2.11. The predicted octanol–water partition coefficient (Wildman–Crippen LogP) is 1.95. The monoisotopic (exact) mass is 192 g/mol. The Kier molecular flexibility index (Phi) is 4.63. The summed E-state index contributed by atoms with van der Waals surface area (Å²) in [6.45, 7) is 5.30. The molecule has 0 saturated carbocycles. The van der Waals surface area contributed by atoms with E-state index in [0.717, 1.165) is 6.54 Å². The van der Waals surface area contributed by atoms with E-state index in [1.807, 2.05) is 7.05 Å². The summed E-state index contributed by atoms with van der Waals surface area (Å²) < 4.78 is 0. The van der Waals surface area contributed by atoms with Crippen LogP contribution in [0.25, 0.3) is 0 Å². The van der Waals surface area contributed by atoms with Gasteiger partial charge in [0.1, 0.15) is 0 Å². The van der Waals surface area contributed by atoms with Crippen LogP contribution in [0.5, 0.6) is 0 Å². The molecular formula is C12H20N2. The van der Waals surface area contributed by atoms with Gasteiger partial charge in [-0.05, 0) is 12.6 Å². The normalized spacial score (nSPS) is 13.1. The first-order valence-corrected chi connectivity index (χ1v) is 5.19. The van der Waals surface area contributed by atoms with Gasteiger partial charge in [-0.25, -0.2) is 0 Å². The van der Waals surface area contributed by atoms with Gasteiger partial charge in [0.05, 0.1) is 0 Å². The molecule has 0 aliphatic heterocycles. The van der Waals surface area contributed by atoms with E-state index in [4.69, 9.17) is 0 Å². The van der Waals surface area contributed by atoms with E-state index in [0.29, 0.717) is 12.1 Å². The van der Waals surface area contributed by atoms with Gasteiger partial charge in [0, 0.05) is 18.6 Å². The Hall–Kier alpha value is -0.860. The summed E-state index contributed by atoms with van der Waals surface area (Å²) in [5, 5.41) is 6.74. The summed E-state index contributed by atoms with van der Waals surface area (Å²) in [4.78, 5) is 0. The van der Waals surface area contributed by atoms with Crippen molar-refractivity contribution in [2.75, 3.05) is 13.6 Å². The molecule has 0 spiro atoms. The van der Waals surface area contributed by atoms with E-state index < -0.39 is 0 Å². The molecule has 78 valence electrons. The molecule has 0 heterocycles. The molecule has 0 radical (unpaired) electrons. The van der Waals surface area contributed by atoms with Crippen LogP contribution in [-0.4, -0.2) is 19.6 Å². The SMILES string of the molecule is CNC[C@@H](NC(C)C)c1ccccc1. The van der Waals surface area contributed by atoms with Gasteiger partial charge in [-0.15, -0.1) is 0 Å². The highest BCUT2D eigenvalue weighted by atomic mass is 15.0. The van der Waals surface area contributed by atoms with Crippen LogP contribution >= 0.6 is 0 Å². The lowest BCUT2D eigenvalue weighted by molar-refractivity contribution is 0.461. The van der Waals surface area contributed by atoms with Crippen molar-refractivity contribution in [1.82, 2.24) is 10.6 Å². The summed E-state index contributed by atoms with van der Waals surface area (Å²) in [7, 11) is 1.98. The number of hydrogen-bond donors (Lipinski definition) is 2. The lowest BCUT2D eigenvalue weighted by atomic mass is 10.1. The minimum Gasteiger partial charge on any atom is -0.318 e. The molecule has 0 bridgehead atoms. The zero-order valence-electron chi connectivity index (χ0n) is 9.25. The molecular weight excluding hydrogens is 172 g/mol. The maximum absolute atomic E-state index is 3.53. The first-order valence-electron chi connectivity index (χ1n) is 5.19. The first kappa shape index (κ1) is 11.2. The molecule has 2 nitrogen and oxygen atoms in total. The van der Waals surface area contributed by atoms with Gasteiger partial charge in [-0.1, -0.05) is 44.2 Å². The van der Waals surface area contributed by atoms with Crippen LogP contribution < -0.4 is 10.6 Å². The fourth-order valence-corrected chi connectivity index (χ4v) is 1.56. The van der Waals surface area contributed by atoms with Crippen molar-refractivity contribution >= 4 is 0 Å². The van der Waals surface area contributed by atoms with Crippen LogP contribution in [-0.2, 0) is 0 Å². The Morgan fingerprint density at radius 2 is 1.79 bits per heavy atom. The Balaban J connectivity index is 2.67. The molecule has 14 heavy (non-hydrogen) atoms. The molecule has 2 heteroatoms. The summed E-state index contributed by atoms with van der Waals surface area (Å²) in [6.07, 6.45) is 0. The molecule has 0 saturated heterocycles. The van der Waals surface area contributed by atoms with Crippen LogP contribution in [0.1, 0.15) is 25.5 Å². The Morgan fingerprint density at radius 1 is 1.14 bits per heavy atom. The van der Waals surface area contributed by atoms with Crippen molar-refractivity contribution in [3.8, 4) is 0 Å². The molecule has 0 aliphatic rings. The fourth-order valence-electron chi connectivity index (χ4n) is 1.56. The molecule has 0 aromatic heterocycles. The smallest absolute Gasteiger partial charge is 0.0448 e. The zero-order chi connectivity index (χ0) is 10.4. The van der Waals surface area contributed by atoms with E-state index in [1.165, 1.54) is 5.56 Å². The van der Waals surface area contributed by atoms with Gasteiger partial charge in [-0.3, -0.25) is 0 Å². The predicted molar refractivity (Wildman–Crippen MR) is 61.4 cm³/mol. The van der Waals surface area contributed by atoms with Crippen LogP contribution in [0.2, 0.25) is 0 Å². The molecule has 0 fully saturated rings. The Morgan fingerprint density at radius 3 is 2.29 bits per heavy atom. The number of benzene rings is 1. The van der Waals surface area contributed by atoms with Crippen LogP contribution in [0.4, 0.5) is 0 Å². The molecule has 1 atom stereocenters. The van der Waals surface area contributed by atoms with Crippen molar-refractivity contribution in [3.63, 3.8) is 0 Å². The van der Waals surface area contributed by atoms with Crippen molar-refractivity contribution in [1.29, 1.82) is 0 Å². The fraction of sp³-hybridized carbons (Fsp3) is 0.500. The maximum Gasteiger partial charge on any atom is 0.0448 e. The largest absolute Gasteiger partial charge is 0.318 e. The molecule has 1 aromatic carbocycles. The topological polar surface area (TPSA) is 24.1 Å². The van der Waals surface area contributed by atoms with E-state index in [1.54, 1.807) is 0 Å². The number of hydrogen-bond acceptors (Lipinski definition) is 2. The van der Waals surface area contributed by atoms with Crippen LogP contribution in [0.3, 0.4) is 0 Å². The lowest BCUT2D eigenvalue weighted by Gasteiger charge is -2.21. The molecule has 1 aromatic rings. The average Bonchev–Trinajstić information content (AvgIpc) is 2.18. The standard InChI is InChI=1S/C12H20N2/c1-10(2)14-12(9-13-3)11-7-5-4-6-8-11/h4-8,10,12-14H,9H2,1-3H3/t12-/m1/s1. The van der Waals surface area contributed by atoms with Gasteiger partial charge in [0.2, 0.25) is 0 Å². The number of nitrogens with one attached hydrogen (secondary N) is 2. The Bertz CT molecular complexity index is 244. The third-order valence-electron chi connectivity index (χ3n) is 2.14.